The third-order valence-electron chi connectivity index (χ3n) is 3.23. The third kappa shape index (κ3) is 2.59. The van der Waals surface area contributed by atoms with Crippen LogP contribution in [0.1, 0.15) is 12.8 Å². The van der Waals surface area contributed by atoms with Gasteiger partial charge in [-0.15, -0.1) is 0 Å². The van der Waals surface area contributed by atoms with E-state index in [0.29, 0.717) is 37.6 Å². The van der Waals surface area contributed by atoms with E-state index in [1.807, 2.05) is 0 Å². The second-order valence-electron chi connectivity index (χ2n) is 4.31. The van der Waals surface area contributed by atoms with Gasteiger partial charge in [-0.25, -0.2) is 9.59 Å². The number of carboxylic acids is 1. The van der Waals surface area contributed by atoms with Crippen LogP contribution in [0.5, 0.6) is 0 Å². The van der Waals surface area contributed by atoms with Crippen molar-refractivity contribution >= 4 is 22.8 Å². The molecule has 7 heteroatoms. The number of hydrogen-bond donors (Lipinski definition) is 1. The predicted octanol–water partition coefficient (Wildman–Crippen LogP) is -0.280. The van der Waals surface area contributed by atoms with E-state index >= 15 is 0 Å². The Morgan fingerprint density at radius 1 is 1.18 bits per heavy atom. The Bertz CT molecular complexity index is 350. The summed E-state index contributed by atoms with van der Waals surface area (Å²) >= 11 is 0. The summed E-state index contributed by atoms with van der Waals surface area (Å²) in [6, 6.07) is -0.901. The van der Waals surface area contributed by atoms with E-state index in [-0.39, 0.29) is 6.03 Å². The first-order valence-corrected chi connectivity index (χ1v) is 7.21. The van der Waals surface area contributed by atoms with Crippen molar-refractivity contribution in [3.63, 3.8) is 0 Å². The molecule has 2 fully saturated rings. The fourth-order valence-corrected chi connectivity index (χ4v) is 3.32. The molecular formula is C10H16N2O4S. The molecule has 0 aromatic rings. The first kappa shape index (κ1) is 12.3. The molecule has 0 aromatic heterocycles. The summed E-state index contributed by atoms with van der Waals surface area (Å²) in [5, 5.41) is 9.01. The van der Waals surface area contributed by atoms with Gasteiger partial charge < -0.3 is 14.9 Å². The van der Waals surface area contributed by atoms with Gasteiger partial charge in [0.15, 0.2) is 0 Å². The molecule has 1 N–H and O–H groups in total. The molecule has 96 valence electrons. The van der Waals surface area contributed by atoms with Gasteiger partial charge >= 0.3 is 12.0 Å². The van der Waals surface area contributed by atoms with Crippen LogP contribution in [0.4, 0.5) is 4.79 Å². The van der Waals surface area contributed by atoms with Crippen LogP contribution in [0.2, 0.25) is 0 Å². The smallest absolute Gasteiger partial charge is 0.326 e. The average molecular weight is 260 g/mol. The summed E-state index contributed by atoms with van der Waals surface area (Å²) in [6.45, 7) is 1.44. The lowest BCUT2D eigenvalue weighted by Crippen LogP contribution is -2.51. The Morgan fingerprint density at radius 2 is 1.82 bits per heavy atom. The average Bonchev–Trinajstić information content (AvgIpc) is 2.78. The SMILES string of the molecule is O=C(O)C1CCCN1C(=O)N1CCS(=O)CC1. The molecule has 6 nitrogen and oxygen atoms in total. The van der Waals surface area contributed by atoms with E-state index in [9.17, 15) is 13.8 Å². The molecule has 2 heterocycles. The van der Waals surface area contributed by atoms with Crippen LogP contribution in [-0.2, 0) is 15.6 Å². The highest BCUT2D eigenvalue weighted by atomic mass is 32.2. The van der Waals surface area contributed by atoms with E-state index in [2.05, 4.69) is 0 Å². The van der Waals surface area contributed by atoms with Crippen molar-refractivity contribution in [2.24, 2.45) is 0 Å². The second kappa shape index (κ2) is 5.03. The number of rotatable bonds is 1. The number of likely N-dealkylation sites (tertiary alicyclic amines) is 1. The van der Waals surface area contributed by atoms with Crippen molar-refractivity contribution in [2.45, 2.75) is 18.9 Å². The molecule has 0 bridgehead atoms. The molecule has 2 rings (SSSR count). The lowest BCUT2D eigenvalue weighted by Gasteiger charge is -2.32. The Morgan fingerprint density at radius 3 is 2.41 bits per heavy atom. The number of aliphatic carboxylic acids is 1. The van der Waals surface area contributed by atoms with Crippen LogP contribution in [0.25, 0.3) is 0 Å². The molecule has 2 saturated heterocycles. The lowest BCUT2D eigenvalue weighted by atomic mass is 10.2. The quantitative estimate of drug-likeness (QED) is 0.703. The normalized spacial score (nSPS) is 26.2. The van der Waals surface area contributed by atoms with E-state index in [1.54, 1.807) is 4.90 Å². The molecule has 2 aliphatic heterocycles. The van der Waals surface area contributed by atoms with Crippen molar-refractivity contribution in [2.75, 3.05) is 31.1 Å². The van der Waals surface area contributed by atoms with Crippen LogP contribution in [0, 0.1) is 0 Å². The molecule has 2 aliphatic rings. The number of carboxylic acid groups (broad SMARTS) is 1. The van der Waals surface area contributed by atoms with Gasteiger partial charge in [-0.1, -0.05) is 0 Å². The van der Waals surface area contributed by atoms with Crippen LogP contribution < -0.4 is 0 Å². The van der Waals surface area contributed by atoms with Gasteiger partial charge in [-0.05, 0) is 12.8 Å². The van der Waals surface area contributed by atoms with Gasteiger partial charge in [0.05, 0.1) is 0 Å². The predicted molar refractivity (Wildman–Crippen MR) is 62.2 cm³/mol. The van der Waals surface area contributed by atoms with Crippen molar-refractivity contribution in [1.29, 1.82) is 0 Å². The van der Waals surface area contributed by atoms with Crippen LogP contribution in [-0.4, -0.2) is 68.3 Å². The summed E-state index contributed by atoms with van der Waals surface area (Å²) in [5.41, 5.74) is 0. The second-order valence-corrected chi connectivity index (χ2v) is 6.00. The zero-order valence-corrected chi connectivity index (χ0v) is 10.3. The summed E-state index contributed by atoms with van der Waals surface area (Å²) in [5.74, 6) is 0.0608. The monoisotopic (exact) mass is 260 g/mol. The van der Waals surface area contributed by atoms with Gasteiger partial charge in [0.1, 0.15) is 6.04 Å². The van der Waals surface area contributed by atoms with Crippen LogP contribution in [0.3, 0.4) is 0 Å². The van der Waals surface area contributed by atoms with Crippen molar-refractivity contribution in [3.05, 3.63) is 0 Å². The minimum atomic E-state index is -0.934. The van der Waals surface area contributed by atoms with Gasteiger partial charge in [0.25, 0.3) is 0 Å². The minimum absolute atomic E-state index is 0.216. The molecule has 17 heavy (non-hydrogen) atoms. The molecule has 2 amide bonds. The molecule has 0 saturated carbocycles. The molecule has 0 spiro atoms. The maximum Gasteiger partial charge on any atom is 0.326 e. The first-order valence-electron chi connectivity index (χ1n) is 5.73. The third-order valence-corrected chi connectivity index (χ3v) is 4.51. The Balaban J connectivity index is 1.99. The molecule has 0 radical (unpaired) electrons. The van der Waals surface area contributed by atoms with Gasteiger partial charge in [-0.3, -0.25) is 4.21 Å². The number of hydrogen-bond acceptors (Lipinski definition) is 3. The number of urea groups is 1. The highest BCUT2D eigenvalue weighted by Crippen LogP contribution is 2.19. The summed E-state index contributed by atoms with van der Waals surface area (Å²) in [6.07, 6.45) is 1.27. The molecule has 0 aliphatic carbocycles. The standard InChI is InChI=1S/C10H16N2O4S/c13-9(14)8-2-1-3-12(8)10(15)11-4-6-17(16)7-5-11/h8H,1-7H2,(H,13,14). The number of nitrogens with zero attached hydrogens (tertiary/aromatic N) is 2. The zero-order valence-electron chi connectivity index (χ0n) is 9.50. The van der Waals surface area contributed by atoms with Gasteiger partial charge in [0, 0.05) is 41.9 Å². The zero-order chi connectivity index (χ0) is 12.4. The Hall–Kier alpha value is -1.11. The fourth-order valence-electron chi connectivity index (χ4n) is 2.26. The van der Waals surface area contributed by atoms with Gasteiger partial charge in [0.2, 0.25) is 0 Å². The van der Waals surface area contributed by atoms with Crippen molar-refractivity contribution < 1.29 is 18.9 Å². The number of amides is 2. The lowest BCUT2D eigenvalue weighted by molar-refractivity contribution is -0.141. The molecule has 1 atom stereocenters. The fraction of sp³-hybridized carbons (Fsp3) is 0.800. The van der Waals surface area contributed by atoms with Crippen molar-refractivity contribution in [3.8, 4) is 0 Å². The van der Waals surface area contributed by atoms with Crippen LogP contribution in [0.15, 0.2) is 0 Å². The van der Waals surface area contributed by atoms with Crippen LogP contribution >= 0.6 is 0 Å². The van der Waals surface area contributed by atoms with Crippen molar-refractivity contribution in [1.82, 2.24) is 9.80 Å². The molecule has 0 aromatic carbocycles. The van der Waals surface area contributed by atoms with E-state index in [0.717, 1.165) is 6.42 Å². The minimum Gasteiger partial charge on any atom is -0.480 e. The maximum absolute atomic E-state index is 12.1. The summed E-state index contributed by atoms with van der Waals surface area (Å²) < 4.78 is 11.2. The summed E-state index contributed by atoms with van der Waals surface area (Å²) in [7, 11) is -0.825. The topological polar surface area (TPSA) is 77.9 Å². The summed E-state index contributed by atoms with van der Waals surface area (Å²) in [4.78, 5) is 26.1. The highest BCUT2D eigenvalue weighted by Gasteiger charge is 2.36. The molecular weight excluding hydrogens is 244 g/mol. The van der Waals surface area contributed by atoms with E-state index < -0.39 is 22.8 Å². The number of carbonyl (C=O) groups excluding carboxylic acids is 1. The first-order chi connectivity index (χ1) is 8.09. The molecule has 1 unspecified atom stereocenters. The Labute approximate surface area is 102 Å². The Kier molecular flexibility index (Phi) is 3.66. The largest absolute Gasteiger partial charge is 0.480 e. The van der Waals surface area contributed by atoms with E-state index in [4.69, 9.17) is 5.11 Å². The number of carbonyl (C=O) groups is 2. The van der Waals surface area contributed by atoms with E-state index in [1.165, 1.54) is 4.90 Å². The maximum atomic E-state index is 12.1. The van der Waals surface area contributed by atoms with Gasteiger partial charge in [-0.2, -0.15) is 0 Å². The highest BCUT2D eigenvalue weighted by molar-refractivity contribution is 7.85.